The molecule has 106 valence electrons. The first-order chi connectivity index (χ1) is 9.97. The van der Waals surface area contributed by atoms with Crippen LogP contribution in [0.3, 0.4) is 0 Å². The van der Waals surface area contributed by atoms with Crippen LogP contribution in [0.5, 0.6) is 11.5 Å². The van der Waals surface area contributed by atoms with Crippen LogP contribution in [0, 0.1) is 17.5 Å². The molecule has 0 aliphatic rings. The molecule has 0 aliphatic heterocycles. The average molecular weight is 290 g/mol. The molecule has 0 heterocycles. The second kappa shape index (κ2) is 4.70. The molecule has 3 rings (SSSR count). The predicted octanol–water partition coefficient (Wildman–Crippen LogP) is 4.34. The number of aromatic hydroxyl groups is 2. The Balaban J connectivity index is 2.20. The van der Waals surface area contributed by atoms with Gasteiger partial charge in [-0.05, 0) is 40.8 Å². The Bertz CT molecular complexity index is 837. The standard InChI is InChI=1S/C16H9F3O2/c17-12-6-10(7-13(18)16(12)21)8-1-3-11-9(5-8)2-4-14(20)15(11)19/h1-7,20-21H. The lowest BCUT2D eigenvalue weighted by molar-refractivity contribution is 0.396. The van der Waals surface area contributed by atoms with Gasteiger partial charge in [0, 0.05) is 5.39 Å². The van der Waals surface area contributed by atoms with E-state index in [4.69, 9.17) is 5.11 Å². The van der Waals surface area contributed by atoms with Crippen molar-refractivity contribution >= 4 is 10.8 Å². The smallest absolute Gasteiger partial charge is 0.187 e. The van der Waals surface area contributed by atoms with E-state index in [1.165, 1.54) is 24.3 Å². The summed E-state index contributed by atoms with van der Waals surface area (Å²) in [5.74, 6) is -4.38. The van der Waals surface area contributed by atoms with Gasteiger partial charge in [0.15, 0.2) is 29.0 Å². The third kappa shape index (κ3) is 2.16. The summed E-state index contributed by atoms with van der Waals surface area (Å²) in [5, 5.41) is 19.1. The minimum absolute atomic E-state index is 0.207. The van der Waals surface area contributed by atoms with Gasteiger partial charge in [0.2, 0.25) is 0 Å². The van der Waals surface area contributed by atoms with Crippen LogP contribution in [0.4, 0.5) is 13.2 Å². The van der Waals surface area contributed by atoms with Crippen molar-refractivity contribution in [2.75, 3.05) is 0 Å². The third-order valence-corrected chi connectivity index (χ3v) is 3.28. The second-order valence-corrected chi connectivity index (χ2v) is 4.62. The molecule has 0 aromatic heterocycles. The van der Waals surface area contributed by atoms with Crippen LogP contribution in [-0.2, 0) is 0 Å². The van der Waals surface area contributed by atoms with E-state index in [-0.39, 0.29) is 10.9 Å². The van der Waals surface area contributed by atoms with Crippen molar-refractivity contribution in [2.24, 2.45) is 0 Å². The van der Waals surface area contributed by atoms with E-state index in [0.717, 1.165) is 12.1 Å². The number of benzene rings is 3. The zero-order valence-corrected chi connectivity index (χ0v) is 10.6. The first kappa shape index (κ1) is 13.3. The summed E-state index contributed by atoms with van der Waals surface area (Å²) < 4.78 is 40.5. The van der Waals surface area contributed by atoms with Gasteiger partial charge in [0.05, 0.1) is 0 Å². The molecule has 0 saturated carbocycles. The normalized spacial score (nSPS) is 11.0. The van der Waals surface area contributed by atoms with Crippen LogP contribution in [0.15, 0.2) is 42.5 Å². The molecular formula is C16H9F3O2. The van der Waals surface area contributed by atoms with Crippen molar-refractivity contribution in [3.05, 3.63) is 59.9 Å². The fourth-order valence-electron chi connectivity index (χ4n) is 2.19. The summed E-state index contributed by atoms with van der Waals surface area (Å²) in [6.45, 7) is 0. The summed E-state index contributed by atoms with van der Waals surface area (Å²) in [6.07, 6.45) is 0. The Morgan fingerprint density at radius 1 is 0.714 bits per heavy atom. The van der Waals surface area contributed by atoms with E-state index in [9.17, 15) is 18.3 Å². The summed E-state index contributed by atoms with van der Waals surface area (Å²) in [4.78, 5) is 0. The van der Waals surface area contributed by atoms with Crippen LogP contribution in [0.1, 0.15) is 0 Å². The summed E-state index contributed by atoms with van der Waals surface area (Å²) in [7, 11) is 0. The Morgan fingerprint density at radius 2 is 1.38 bits per heavy atom. The number of fused-ring (bicyclic) bond motifs is 1. The number of phenolic OH excluding ortho intramolecular Hbond substituents is 2. The van der Waals surface area contributed by atoms with Crippen LogP contribution in [0.2, 0.25) is 0 Å². The lowest BCUT2D eigenvalue weighted by atomic mass is 10.0. The fraction of sp³-hybridized carbons (Fsp3) is 0. The maximum atomic E-state index is 13.7. The van der Waals surface area contributed by atoms with Gasteiger partial charge >= 0.3 is 0 Å². The molecule has 0 fully saturated rings. The van der Waals surface area contributed by atoms with Gasteiger partial charge in [-0.15, -0.1) is 0 Å². The lowest BCUT2D eigenvalue weighted by Gasteiger charge is -2.07. The largest absolute Gasteiger partial charge is 0.505 e. The molecule has 0 amide bonds. The Hall–Kier alpha value is -2.69. The van der Waals surface area contributed by atoms with E-state index in [1.807, 2.05) is 0 Å². The zero-order valence-electron chi connectivity index (χ0n) is 10.6. The number of phenols is 2. The molecular weight excluding hydrogens is 281 g/mol. The van der Waals surface area contributed by atoms with Crippen molar-refractivity contribution < 1.29 is 23.4 Å². The molecule has 0 atom stereocenters. The number of hydrogen-bond donors (Lipinski definition) is 2. The van der Waals surface area contributed by atoms with E-state index in [0.29, 0.717) is 10.9 Å². The van der Waals surface area contributed by atoms with Crippen molar-refractivity contribution in [3.63, 3.8) is 0 Å². The highest BCUT2D eigenvalue weighted by Gasteiger charge is 2.12. The van der Waals surface area contributed by atoms with Gasteiger partial charge in [-0.25, -0.2) is 13.2 Å². The van der Waals surface area contributed by atoms with Gasteiger partial charge in [0.25, 0.3) is 0 Å². The molecule has 5 heteroatoms. The third-order valence-electron chi connectivity index (χ3n) is 3.28. The van der Waals surface area contributed by atoms with Gasteiger partial charge in [0.1, 0.15) is 0 Å². The van der Waals surface area contributed by atoms with Gasteiger partial charge in [-0.1, -0.05) is 18.2 Å². The molecule has 0 spiro atoms. The number of rotatable bonds is 1. The second-order valence-electron chi connectivity index (χ2n) is 4.62. The number of halogens is 3. The lowest BCUT2D eigenvalue weighted by Crippen LogP contribution is -1.87. The number of hydrogen-bond acceptors (Lipinski definition) is 2. The summed E-state index contributed by atoms with van der Waals surface area (Å²) in [6, 6.07) is 9.15. The highest BCUT2D eigenvalue weighted by molar-refractivity contribution is 5.89. The van der Waals surface area contributed by atoms with Crippen molar-refractivity contribution in [2.45, 2.75) is 0 Å². The minimum Gasteiger partial charge on any atom is -0.505 e. The molecule has 0 unspecified atom stereocenters. The molecule has 0 aliphatic carbocycles. The first-order valence-corrected chi connectivity index (χ1v) is 6.07. The molecule has 3 aromatic rings. The van der Waals surface area contributed by atoms with E-state index in [2.05, 4.69) is 0 Å². The molecule has 2 nitrogen and oxygen atoms in total. The van der Waals surface area contributed by atoms with Crippen LogP contribution >= 0.6 is 0 Å². The quantitative estimate of drug-likeness (QED) is 0.700. The van der Waals surface area contributed by atoms with E-state index >= 15 is 0 Å². The topological polar surface area (TPSA) is 40.5 Å². The Kier molecular flexibility index (Phi) is 2.97. The van der Waals surface area contributed by atoms with Crippen molar-refractivity contribution in [1.29, 1.82) is 0 Å². The van der Waals surface area contributed by atoms with E-state index in [1.54, 1.807) is 6.07 Å². The summed E-state index contributed by atoms with van der Waals surface area (Å²) in [5.41, 5.74) is 0.684. The SMILES string of the molecule is Oc1ccc2cc(-c3cc(F)c(O)c(F)c3)ccc2c1F. The molecule has 0 saturated heterocycles. The highest BCUT2D eigenvalue weighted by Crippen LogP contribution is 2.32. The van der Waals surface area contributed by atoms with Crippen LogP contribution in [0.25, 0.3) is 21.9 Å². The minimum atomic E-state index is -1.07. The Morgan fingerprint density at radius 3 is 2.05 bits per heavy atom. The molecule has 2 N–H and O–H groups in total. The predicted molar refractivity (Wildman–Crippen MR) is 72.6 cm³/mol. The fourth-order valence-corrected chi connectivity index (χ4v) is 2.19. The van der Waals surface area contributed by atoms with Gasteiger partial charge < -0.3 is 10.2 Å². The molecule has 0 bridgehead atoms. The van der Waals surface area contributed by atoms with E-state index < -0.39 is 29.0 Å². The average Bonchev–Trinajstić information content (AvgIpc) is 2.48. The maximum absolute atomic E-state index is 13.7. The summed E-state index contributed by atoms with van der Waals surface area (Å²) >= 11 is 0. The molecule has 21 heavy (non-hydrogen) atoms. The van der Waals surface area contributed by atoms with Gasteiger partial charge in [-0.3, -0.25) is 0 Å². The Labute approximate surface area is 117 Å². The first-order valence-electron chi connectivity index (χ1n) is 6.07. The molecule has 3 aromatic carbocycles. The van der Waals surface area contributed by atoms with Crippen LogP contribution in [-0.4, -0.2) is 10.2 Å². The van der Waals surface area contributed by atoms with Crippen molar-refractivity contribution in [1.82, 2.24) is 0 Å². The van der Waals surface area contributed by atoms with Crippen LogP contribution < -0.4 is 0 Å². The molecule has 0 radical (unpaired) electrons. The van der Waals surface area contributed by atoms with Crippen molar-refractivity contribution in [3.8, 4) is 22.6 Å². The van der Waals surface area contributed by atoms with Gasteiger partial charge in [-0.2, -0.15) is 0 Å². The maximum Gasteiger partial charge on any atom is 0.187 e. The monoisotopic (exact) mass is 290 g/mol. The zero-order chi connectivity index (χ0) is 15.1. The highest BCUT2D eigenvalue weighted by atomic mass is 19.1.